The topological polar surface area (TPSA) is 25.8 Å². The van der Waals surface area contributed by atoms with Gasteiger partial charge in [-0.25, -0.2) is 4.98 Å². The van der Waals surface area contributed by atoms with Crippen LogP contribution in [0.4, 0.5) is 0 Å². The van der Waals surface area contributed by atoms with Gasteiger partial charge in [0.1, 0.15) is 10.8 Å². The van der Waals surface area contributed by atoms with Gasteiger partial charge in [0.25, 0.3) is 0 Å². The van der Waals surface area contributed by atoms with E-state index in [1.807, 2.05) is 0 Å². The van der Waals surface area contributed by atoms with Gasteiger partial charge < -0.3 is 0 Å². The fourth-order valence-electron chi connectivity index (χ4n) is 0.770. The van der Waals surface area contributed by atoms with Gasteiger partial charge in [0.2, 0.25) is 0 Å². The average molecular weight is 310 g/mol. The molecule has 1 rings (SSSR count). The minimum Gasteiger partial charge on any atom is -0.223 e. The monoisotopic (exact) mass is 310 g/mol. The molecule has 0 saturated carbocycles. The van der Waals surface area contributed by atoms with Crippen molar-refractivity contribution in [2.75, 3.05) is 0 Å². The Hall–Kier alpha value is 0.290. The van der Waals surface area contributed by atoms with Crippen molar-refractivity contribution in [3.63, 3.8) is 0 Å². The summed E-state index contributed by atoms with van der Waals surface area (Å²) in [6, 6.07) is 0. The summed E-state index contributed by atoms with van der Waals surface area (Å²) >= 11 is 3.91. The van der Waals surface area contributed by atoms with Gasteiger partial charge in [-0.05, 0) is 25.4 Å². The largest absolute Gasteiger partial charge is 0.223 e. The predicted molar refractivity (Wildman–Crippen MR) is 65.7 cm³/mol. The van der Waals surface area contributed by atoms with Crippen molar-refractivity contribution >= 4 is 34.1 Å². The second-order valence-electron chi connectivity index (χ2n) is 4.65. The molecule has 1 aromatic rings. The normalized spacial score (nSPS) is 13.4. The van der Waals surface area contributed by atoms with Gasteiger partial charge in [0, 0.05) is 5.41 Å². The average Bonchev–Trinajstić information content (AvgIpc) is 2.28. The molecule has 4 heteroatoms. The minimum atomic E-state index is 0.0661. The lowest BCUT2D eigenvalue weighted by Gasteiger charge is -2.14. The molecule has 0 aliphatic heterocycles. The van der Waals surface area contributed by atoms with E-state index >= 15 is 0 Å². The molecule has 2 nitrogen and oxygen atoms in total. The Morgan fingerprint density at radius 2 is 1.69 bits per heavy atom. The van der Waals surface area contributed by atoms with Crippen LogP contribution < -0.4 is 0 Å². The number of nitrogens with zero attached hydrogens (tertiary/aromatic N) is 2. The molecule has 0 atom stereocenters. The number of halogens is 1. The van der Waals surface area contributed by atoms with E-state index in [1.54, 1.807) is 0 Å². The molecule has 0 N–H and O–H groups in total. The van der Waals surface area contributed by atoms with E-state index in [0.717, 1.165) is 10.8 Å². The highest BCUT2D eigenvalue weighted by molar-refractivity contribution is 14.1. The van der Waals surface area contributed by atoms with Crippen LogP contribution in [0.25, 0.3) is 0 Å². The number of alkyl halides is 1. The summed E-state index contributed by atoms with van der Waals surface area (Å²) in [6.45, 7) is 10.7. The Morgan fingerprint density at radius 1 is 1.15 bits per heavy atom. The third-order valence-corrected chi connectivity index (χ3v) is 3.52. The van der Waals surface area contributed by atoms with E-state index in [-0.39, 0.29) is 8.84 Å². The Morgan fingerprint density at radius 3 is 1.92 bits per heavy atom. The first-order valence-electron chi connectivity index (χ1n) is 4.25. The molecular formula is C9H15IN2S. The summed E-state index contributed by atoms with van der Waals surface area (Å²) < 4.78 is 4.48. The SMILES string of the molecule is CC(C)(C)c1nsc(C(C)(C)I)n1. The number of aromatic nitrogens is 2. The van der Waals surface area contributed by atoms with Gasteiger partial charge in [-0.1, -0.05) is 43.4 Å². The molecule has 0 spiro atoms. The number of rotatable bonds is 1. The lowest BCUT2D eigenvalue weighted by atomic mass is 9.96. The first-order valence-corrected chi connectivity index (χ1v) is 6.10. The highest BCUT2D eigenvalue weighted by Crippen LogP contribution is 2.33. The lowest BCUT2D eigenvalue weighted by molar-refractivity contribution is 0.551. The molecule has 13 heavy (non-hydrogen) atoms. The molecule has 0 radical (unpaired) electrons. The van der Waals surface area contributed by atoms with Gasteiger partial charge >= 0.3 is 0 Å². The summed E-state index contributed by atoms with van der Waals surface area (Å²) in [5.74, 6) is 0.956. The molecular weight excluding hydrogens is 295 g/mol. The van der Waals surface area contributed by atoms with Crippen molar-refractivity contribution in [3.05, 3.63) is 10.8 Å². The second-order valence-corrected chi connectivity index (χ2v) is 8.09. The van der Waals surface area contributed by atoms with E-state index in [2.05, 4.69) is 66.6 Å². The van der Waals surface area contributed by atoms with Crippen molar-refractivity contribution in [1.29, 1.82) is 0 Å². The quantitative estimate of drug-likeness (QED) is 0.586. The maximum atomic E-state index is 4.55. The van der Waals surface area contributed by atoms with Crippen LogP contribution in [0.15, 0.2) is 0 Å². The molecule has 0 aliphatic carbocycles. The van der Waals surface area contributed by atoms with Gasteiger partial charge in [0.05, 0.1) is 3.42 Å². The maximum Gasteiger partial charge on any atom is 0.147 e. The highest BCUT2D eigenvalue weighted by atomic mass is 127. The Kier molecular flexibility index (Phi) is 3.02. The van der Waals surface area contributed by atoms with Crippen molar-refractivity contribution in [3.8, 4) is 0 Å². The van der Waals surface area contributed by atoms with Crippen molar-refractivity contribution in [2.24, 2.45) is 0 Å². The van der Waals surface area contributed by atoms with Crippen LogP contribution in [0.5, 0.6) is 0 Å². The van der Waals surface area contributed by atoms with Gasteiger partial charge in [-0.2, -0.15) is 4.37 Å². The van der Waals surface area contributed by atoms with Crippen LogP contribution in [0.3, 0.4) is 0 Å². The summed E-state index contributed by atoms with van der Waals surface area (Å²) in [5.41, 5.74) is 0.0661. The number of hydrogen-bond acceptors (Lipinski definition) is 3. The van der Waals surface area contributed by atoms with E-state index < -0.39 is 0 Å². The molecule has 0 unspecified atom stereocenters. The van der Waals surface area contributed by atoms with Crippen LogP contribution in [0, 0.1) is 0 Å². The zero-order valence-corrected chi connectivity index (χ0v) is 11.7. The van der Waals surface area contributed by atoms with E-state index in [4.69, 9.17) is 0 Å². The van der Waals surface area contributed by atoms with E-state index in [1.165, 1.54) is 11.5 Å². The Labute approximate surface area is 97.5 Å². The van der Waals surface area contributed by atoms with Gasteiger partial charge in [-0.3, -0.25) is 0 Å². The van der Waals surface area contributed by atoms with Crippen LogP contribution in [0.1, 0.15) is 45.5 Å². The second kappa shape index (κ2) is 3.46. The van der Waals surface area contributed by atoms with Crippen molar-refractivity contribution in [2.45, 2.75) is 43.5 Å². The van der Waals surface area contributed by atoms with Crippen LogP contribution in [-0.4, -0.2) is 9.36 Å². The Balaban J connectivity index is 3.01. The number of hydrogen-bond donors (Lipinski definition) is 0. The first-order chi connectivity index (χ1) is 5.71. The van der Waals surface area contributed by atoms with Gasteiger partial charge in [0.15, 0.2) is 0 Å². The fraction of sp³-hybridized carbons (Fsp3) is 0.778. The molecule has 0 bridgehead atoms. The molecule has 0 amide bonds. The molecule has 0 fully saturated rings. The Bertz CT molecular complexity index is 265. The minimum absolute atomic E-state index is 0.0661. The fourth-order valence-corrected chi connectivity index (χ4v) is 2.02. The van der Waals surface area contributed by atoms with Gasteiger partial charge in [-0.15, -0.1) is 0 Å². The molecule has 1 heterocycles. The third-order valence-electron chi connectivity index (χ3n) is 1.61. The zero-order valence-electron chi connectivity index (χ0n) is 8.68. The van der Waals surface area contributed by atoms with E-state index in [0.29, 0.717) is 0 Å². The highest BCUT2D eigenvalue weighted by Gasteiger charge is 2.25. The molecule has 0 saturated heterocycles. The zero-order chi connectivity index (χ0) is 10.3. The molecule has 74 valence electrons. The third kappa shape index (κ3) is 2.87. The van der Waals surface area contributed by atoms with Crippen LogP contribution in [-0.2, 0) is 8.84 Å². The molecule has 0 aromatic carbocycles. The maximum absolute atomic E-state index is 4.55. The predicted octanol–water partition coefficient (Wildman–Crippen LogP) is 3.51. The first kappa shape index (κ1) is 11.4. The summed E-state index contributed by atoms with van der Waals surface area (Å²) in [4.78, 5) is 4.55. The van der Waals surface area contributed by atoms with Crippen molar-refractivity contribution < 1.29 is 0 Å². The van der Waals surface area contributed by atoms with Crippen LogP contribution >= 0.6 is 34.1 Å². The van der Waals surface area contributed by atoms with Crippen molar-refractivity contribution in [1.82, 2.24) is 9.36 Å². The lowest BCUT2D eigenvalue weighted by Crippen LogP contribution is -2.14. The summed E-state index contributed by atoms with van der Waals surface area (Å²) in [6.07, 6.45) is 0. The smallest absolute Gasteiger partial charge is 0.147 e. The standard InChI is InChI=1S/C9H15IN2S/c1-8(2,3)6-11-7(13-12-6)9(4,5)10/h1-5H3. The molecule has 0 aliphatic rings. The molecule has 1 aromatic heterocycles. The van der Waals surface area contributed by atoms with Crippen LogP contribution in [0.2, 0.25) is 0 Å². The summed E-state index contributed by atoms with van der Waals surface area (Å²) in [5, 5.41) is 1.11. The summed E-state index contributed by atoms with van der Waals surface area (Å²) in [7, 11) is 0. The van der Waals surface area contributed by atoms with E-state index in [9.17, 15) is 0 Å².